The van der Waals surface area contributed by atoms with Crippen molar-refractivity contribution in [3.8, 4) is 0 Å². The molecule has 0 heterocycles. The molecule has 10 heavy (non-hydrogen) atoms. The molecule has 0 rings (SSSR count). The van der Waals surface area contributed by atoms with Crippen LogP contribution < -0.4 is 0 Å². The van der Waals surface area contributed by atoms with Crippen molar-refractivity contribution in [3.05, 3.63) is 12.4 Å². The van der Waals surface area contributed by atoms with Crippen LogP contribution in [-0.2, 0) is 9.53 Å². The first-order valence-corrected chi connectivity index (χ1v) is 2.84. The molecule has 0 N–H and O–H groups in total. The van der Waals surface area contributed by atoms with Crippen LogP contribution >= 0.6 is 0 Å². The molecule has 0 fully saturated rings. The molecule has 3 heteroatoms. The summed E-state index contributed by atoms with van der Waals surface area (Å²) in [4.78, 5) is 10.4. The second kappa shape index (κ2) is 2.82. The van der Waals surface area contributed by atoms with E-state index < -0.39 is 17.4 Å². The van der Waals surface area contributed by atoms with Crippen LogP contribution in [0.5, 0.6) is 0 Å². The minimum Gasteiger partial charge on any atom is -0.455 e. The summed E-state index contributed by atoms with van der Waals surface area (Å²) < 4.78 is 16.4. The lowest BCUT2D eigenvalue weighted by molar-refractivity contribution is -0.151. The molecule has 57 valence electrons. The van der Waals surface area contributed by atoms with E-state index in [1.807, 2.05) is 0 Å². The minimum atomic E-state index is -1.31. The zero-order chi connectivity index (χ0) is 8.36. The number of rotatable bonds is 1. The number of halogens is 1. The smallest absolute Gasteiger partial charge is 0.367 e. The molecule has 0 amide bonds. The fraction of sp³-hybridized carbons (Fsp3) is 0.571. The number of carbonyl (C=O) groups excluding carboxylic acids is 1. The van der Waals surface area contributed by atoms with Crippen molar-refractivity contribution < 1.29 is 13.9 Å². The minimum absolute atomic E-state index is 0.687. The third-order valence-corrected chi connectivity index (χ3v) is 0.594. The average molecular weight is 145 g/mol. The Morgan fingerprint density at radius 2 is 1.90 bits per heavy atom. The second-order valence-electron chi connectivity index (χ2n) is 2.85. The van der Waals surface area contributed by atoms with Crippen LogP contribution in [0.1, 0.15) is 20.8 Å². The Morgan fingerprint density at radius 3 is 2.00 bits per heavy atom. The highest BCUT2D eigenvalue weighted by Gasteiger charge is 2.18. The van der Waals surface area contributed by atoms with Crippen LogP contribution in [-0.4, -0.2) is 11.6 Å². The van der Waals surface area contributed by atoms with Gasteiger partial charge in [0.25, 0.3) is 0 Å². The molecule has 0 aliphatic carbocycles. The van der Waals surface area contributed by atoms with Gasteiger partial charge in [-0.15, -0.1) is 0 Å². The summed E-state index contributed by atoms with van der Waals surface area (Å²) in [5.74, 6) is -2.41. The highest BCUT2D eigenvalue weighted by atomic mass is 19.1. The van der Waals surface area contributed by atoms with Gasteiger partial charge in [-0.1, -0.05) is 0 Å². The lowest BCUT2D eigenvalue weighted by atomic mass is 10.2. The van der Waals surface area contributed by atoms with E-state index in [9.17, 15) is 9.18 Å². The first-order valence-electron chi connectivity index (χ1n) is 2.84. The predicted octanol–water partition coefficient (Wildman–Crippen LogP) is 1.61. The average Bonchev–Trinajstić information content (AvgIpc) is 1.60. The van der Waals surface area contributed by atoms with Gasteiger partial charge < -0.3 is 4.74 Å². The SMILES string of the molecule is [CH]=C(F)C(=O)OC(C)(C)C. The molecule has 0 spiro atoms. The monoisotopic (exact) mass is 145 g/mol. The van der Waals surface area contributed by atoms with E-state index in [4.69, 9.17) is 0 Å². The third kappa shape index (κ3) is 4.06. The molecule has 2 nitrogen and oxygen atoms in total. The number of carbonyl (C=O) groups is 1. The summed E-state index contributed by atoms with van der Waals surface area (Å²) in [7, 11) is 0. The van der Waals surface area contributed by atoms with Crippen molar-refractivity contribution in [2.75, 3.05) is 0 Å². The molecule has 0 aromatic heterocycles. The molecule has 1 radical (unpaired) electrons. The molecule has 0 aromatic carbocycles. The lowest BCUT2D eigenvalue weighted by Crippen LogP contribution is -2.23. The van der Waals surface area contributed by atoms with E-state index in [1.54, 1.807) is 20.8 Å². The maximum Gasteiger partial charge on any atom is 0.367 e. The van der Waals surface area contributed by atoms with Gasteiger partial charge in [0.2, 0.25) is 5.83 Å². The Hall–Kier alpha value is -0.860. The normalized spacial score (nSPS) is 10.8. The second-order valence-corrected chi connectivity index (χ2v) is 2.85. The standard InChI is InChI=1S/C7H10FO2/c1-5(8)6(9)10-7(2,3)4/h1H,2-4H3. The summed E-state index contributed by atoms with van der Waals surface area (Å²) in [6, 6.07) is 0. The number of hydrogen-bond donors (Lipinski definition) is 0. The Balaban J connectivity index is 3.93. The van der Waals surface area contributed by atoms with Crippen LogP contribution in [0.25, 0.3) is 0 Å². The molecular weight excluding hydrogens is 135 g/mol. The lowest BCUT2D eigenvalue weighted by Gasteiger charge is -2.18. The molecule has 0 bridgehead atoms. The molecule has 0 unspecified atom stereocenters. The maximum absolute atomic E-state index is 11.8. The van der Waals surface area contributed by atoms with Crippen LogP contribution in [0, 0.1) is 6.58 Å². The van der Waals surface area contributed by atoms with Crippen LogP contribution in [0.3, 0.4) is 0 Å². The van der Waals surface area contributed by atoms with Gasteiger partial charge in [-0.25, -0.2) is 4.79 Å². The van der Waals surface area contributed by atoms with Crippen molar-refractivity contribution in [1.29, 1.82) is 0 Å². The van der Waals surface area contributed by atoms with Crippen molar-refractivity contribution in [2.24, 2.45) is 0 Å². The zero-order valence-electron chi connectivity index (χ0n) is 6.27. The van der Waals surface area contributed by atoms with Gasteiger partial charge in [-0.2, -0.15) is 4.39 Å². The molecule has 0 aliphatic rings. The molecule has 0 aromatic rings. The number of ether oxygens (including phenoxy) is 1. The Kier molecular flexibility index (Phi) is 2.57. The van der Waals surface area contributed by atoms with Crippen molar-refractivity contribution in [3.63, 3.8) is 0 Å². The van der Waals surface area contributed by atoms with Crippen LogP contribution in [0.15, 0.2) is 5.83 Å². The van der Waals surface area contributed by atoms with E-state index in [1.165, 1.54) is 0 Å². The summed E-state index contributed by atoms with van der Waals surface area (Å²) >= 11 is 0. The quantitative estimate of drug-likeness (QED) is 0.414. The highest BCUT2D eigenvalue weighted by Crippen LogP contribution is 2.09. The zero-order valence-corrected chi connectivity index (χ0v) is 6.27. The summed E-state index contributed by atoms with van der Waals surface area (Å²) in [6.07, 6.45) is 0. The van der Waals surface area contributed by atoms with Gasteiger partial charge in [0.15, 0.2) is 0 Å². The fourth-order valence-corrected chi connectivity index (χ4v) is 0.327. The van der Waals surface area contributed by atoms with Gasteiger partial charge in [0, 0.05) is 0 Å². The molecule has 0 saturated carbocycles. The van der Waals surface area contributed by atoms with Crippen molar-refractivity contribution >= 4 is 5.97 Å². The largest absolute Gasteiger partial charge is 0.455 e. The number of esters is 1. The summed E-state index contributed by atoms with van der Waals surface area (Å²) in [5.41, 5.74) is -0.687. The van der Waals surface area contributed by atoms with E-state index in [0.717, 1.165) is 0 Å². The molecule has 0 aliphatic heterocycles. The first kappa shape index (κ1) is 9.14. The van der Waals surface area contributed by atoms with E-state index >= 15 is 0 Å². The van der Waals surface area contributed by atoms with Gasteiger partial charge in [-0.3, -0.25) is 0 Å². The van der Waals surface area contributed by atoms with Crippen molar-refractivity contribution in [2.45, 2.75) is 26.4 Å². The van der Waals surface area contributed by atoms with Crippen molar-refractivity contribution in [1.82, 2.24) is 0 Å². The number of hydrogen-bond acceptors (Lipinski definition) is 2. The third-order valence-electron chi connectivity index (χ3n) is 0.594. The van der Waals surface area contributed by atoms with Gasteiger partial charge in [0.1, 0.15) is 5.60 Å². The van der Waals surface area contributed by atoms with E-state index in [0.29, 0.717) is 0 Å². The fourth-order valence-electron chi connectivity index (χ4n) is 0.327. The highest BCUT2D eigenvalue weighted by molar-refractivity contribution is 5.85. The maximum atomic E-state index is 11.8. The Labute approximate surface area is 59.7 Å². The van der Waals surface area contributed by atoms with Gasteiger partial charge >= 0.3 is 5.97 Å². The first-order chi connectivity index (χ1) is 4.33. The van der Waals surface area contributed by atoms with E-state index in [2.05, 4.69) is 11.3 Å². The van der Waals surface area contributed by atoms with Gasteiger partial charge in [-0.05, 0) is 27.4 Å². The van der Waals surface area contributed by atoms with Crippen LogP contribution in [0.4, 0.5) is 4.39 Å². The Bertz CT molecular complexity index is 155. The molecule has 0 saturated heterocycles. The van der Waals surface area contributed by atoms with E-state index in [-0.39, 0.29) is 0 Å². The Morgan fingerprint density at radius 1 is 1.50 bits per heavy atom. The predicted molar refractivity (Wildman–Crippen MR) is 34.8 cm³/mol. The summed E-state index contributed by atoms with van der Waals surface area (Å²) in [5, 5.41) is 0. The summed E-state index contributed by atoms with van der Waals surface area (Å²) in [6.45, 7) is 9.42. The molecule has 0 atom stereocenters. The molecular formula is C7H10FO2. The van der Waals surface area contributed by atoms with Crippen LogP contribution in [0.2, 0.25) is 0 Å². The topological polar surface area (TPSA) is 26.3 Å². The van der Waals surface area contributed by atoms with Gasteiger partial charge in [0.05, 0.1) is 0 Å².